The molecule has 0 saturated carbocycles. The third kappa shape index (κ3) is 6.42. The van der Waals surface area contributed by atoms with Crippen molar-refractivity contribution in [2.45, 2.75) is 44.4 Å². The number of allylic oxidation sites excluding steroid dienone is 1. The molecule has 1 amide bonds. The molecular formula is C36H47N3O8. The van der Waals surface area contributed by atoms with E-state index in [1.54, 1.807) is 26.1 Å². The molecule has 2 aromatic rings. The van der Waals surface area contributed by atoms with Gasteiger partial charge in [-0.3, -0.25) is 19.4 Å². The van der Waals surface area contributed by atoms with Crippen molar-refractivity contribution in [2.75, 3.05) is 54.6 Å². The predicted octanol–water partition coefficient (Wildman–Crippen LogP) is 3.34. The van der Waals surface area contributed by atoms with Crippen LogP contribution in [0.3, 0.4) is 0 Å². The van der Waals surface area contributed by atoms with Crippen molar-refractivity contribution < 1.29 is 39.5 Å². The van der Waals surface area contributed by atoms with E-state index in [1.165, 1.54) is 13.0 Å². The summed E-state index contributed by atoms with van der Waals surface area (Å²) in [6, 6.07) is 10.7. The smallest absolute Gasteiger partial charge is 0.251 e. The lowest BCUT2D eigenvalue weighted by atomic mass is 9.56. The number of phenols is 1. The number of benzene rings is 2. The monoisotopic (exact) mass is 649 g/mol. The zero-order valence-corrected chi connectivity index (χ0v) is 27.8. The minimum atomic E-state index is -2.02. The van der Waals surface area contributed by atoms with Gasteiger partial charge in [0.1, 0.15) is 22.9 Å². The molecule has 5 rings (SSSR count). The number of aliphatic hydroxyl groups is 3. The number of carbonyl (C=O) groups excluding carboxylic acids is 2. The van der Waals surface area contributed by atoms with Crippen LogP contribution in [-0.4, -0.2) is 108 Å². The SMILES string of the molecule is COCCCOCCN(C)Cc1cccc(-c2ccc(O)c3c2CC2CC4C(C(O)=C2C3=O)[C@@](C)(O)C(C(N)=O)=C(O)[C@H]4N(C)C)c1. The second-order valence-electron chi connectivity index (χ2n) is 13.5. The maximum atomic E-state index is 14.2. The number of ketones is 1. The summed E-state index contributed by atoms with van der Waals surface area (Å²) < 4.78 is 10.8. The van der Waals surface area contributed by atoms with Gasteiger partial charge < -0.3 is 35.6 Å². The number of rotatable bonds is 12. The van der Waals surface area contributed by atoms with Crippen molar-refractivity contribution in [1.82, 2.24) is 9.80 Å². The van der Waals surface area contributed by atoms with Gasteiger partial charge in [0.2, 0.25) is 0 Å². The van der Waals surface area contributed by atoms with E-state index in [4.69, 9.17) is 15.2 Å². The largest absolute Gasteiger partial charge is 0.511 e. The molecule has 0 fully saturated rings. The van der Waals surface area contributed by atoms with E-state index >= 15 is 0 Å². The molecule has 11 nitrogen and oxygen atoms in total. The van der Waals surface area contributed by atoms with E-state index in [2.05, 4.69) is 11.0 Å². The van der Waals surface area contributed by atoms with Crippen LogP contribution in [0.25, 0.3) is 11.1 Å². The Morgan fingerprint density at radius 3 is 2.49 bits per heavy atom. The summed E-state index contributed by atoms with van der Waals surface area (Å²) in [5.74, 6) is -4.41. The number of likely N-dealkylation sites (N-methyl/N-ethyl adjacent to an activating group) is 2. The standard InChI is InChI=1S/C36H47N3O8/c1-36(45)29-25(31(38(2)3)34(43)30(36)35(37)44)18-22-17-24-23(10-11-26(40)28(24)32(41)27(22)33(29)42)21-9-6-8-20(16-21)19-39(4)12-15-47-14-7-13-46-5/h6,8-11,16,22,25,29,31,40,42-43,45H,7,12-15,17-19H2,1-5H3,(H2,37,44)/t22?,25?,29?,31-,36+/m0/s1. The van der Waals surface area contributed by atoms with Gasteiger partial charge in [-0.05, 0) is 93.6 Å². The number of ether oxygens (including phenoxy) is 2. The Morgan fingerprint density at radius 1 is 1.06 bits per heavy atom. The molecule has 3 unspecified atom stereocenters. The molecule has 6 N–H and O–H groups in total. The number of hydrogen-bond donors (Lipinski definition) is 5. The van der Waals surface area contributed by atoms with Crippen LogP contribution in [0.1, 0.15) is 41.3 Å². The Kier molecular flexibility index (Phi) is 10.1. The molecule has 0 aliphatic heterocycles. The molecule has 2 aromatic carbocycles. The van der Waals surface area contributed by atoms with Crippen LogP contribution >= 0.6 is 0 Å². The van der Waals surface area contributed by atoms with Crippen LogP contribution in [-0.2, 0) is 27.2 Å². The van der Waals surface area contributed by atoms with Crippen molar-refractivity contribution in [2.24, 2.45) is 23.5 Å². The molecule has 0 heterocycles. The highest BCUT2D eigenvalue weighted by molar-refractivity contribution is 6.14. The summed E-state index contributed by atoms with van der Waals surface area (Å²) in [6.07, 6.45) is 1.55. The van der Waals surface area contributed by atoms with Gasteiger partial charge in [0.25, 0.3) is 5.91 Å². The van der Waals surface area contributed by atoms with Gasteiger partial charge >= 0.3 is 0 Å². The van der Waals surface area contributed by atoms with E-state index in [0.717, 1.165) is 29.7 Å². The first kappa shape index (κ1) is 34.6. The average Bonchev–Trinajstić information content (AvgIpc) is 2.98. The highest BCUT2D eigenvalue weighted by atomic mass is 16.5. The number of aliphatic hydroxyl groups excluding tert-OH is 2. The van der Waals surface area contributed by atoms with Crippen LogP contribution < -0.4 is 5.73 Å². The number of Topliss-reactive ketones (excluding diaryl/α,β-unsaturated/α-hetero) is 1. The fourth-order valence-corrected chi connectivity index (χ4v) is 8.02. The number of carbonyl (C=O) groups is 2. The van der Waals surface area contributed by atoms with Gasteiger partial charge in [-0.1, -0.05) is 24.3 Å². The van der Waals surface area contributed by atoms with E-state index in [0.29, 0.717) is 44.8 Å². The Morgan fingerprint density at radius 2 is 1.81 bits per heavy atom. The number of aromatic hydroxyl groups is 1. The number of fused-ring (bicyclic) bond motifs is 3. The van der Waals surface area contributed by atoms with Gasteiger partial charge in [-0.2, -0.15) is 0 Å². The van der Waals surface area contributed by atoms with Crippen molar-refractivity contribution >= 4 is 11.7 Å². The molecule has 0 bridgehead atoms. The summed E-state index contributed by atoms with van der Waals surface area (Å²) in [5, 5.41) is 45.6. The van der Waals surface area contributed by atoms with Gasteiger partial charge in [-0.15, -0.1) is 0 Å². The second-order valence-corrected chi connectivity index (χ2v) is 13.5. The van der Waals surface area contributed by atoms with Gasteiger partial charge in [0.15, 0.2) is 5.78 Å². The molecule has 0 radical (unpaired) electrons. The third-order valence-corrected chi connectivity index (χ3v) is 9.98. The number of nitrogens with zero attached hydrogens (tertiary/aromatic N) is 2. The highest BCUT2D eigenvalue weighted by Gasteiger charge is 2.59. The zero-order chi connectivity index (χ0) is 34.2. The lowest BCUT2D eigenvalue weighted by molar-refractivity contribution is -0.120. The summed E-state index contributed by atoms with van der Waals surface area (Å²) >= 11 is 0. The third-order valence-electron chi connectivity index (χ3n) is 9.98. The fourth-order valence-electron chi connectivity index (χ4n) is 8.02. The molecule has 3 aliphatic rings. The normalized spacial score (nSPS) is 25.7. The van der Waals surface area contributed by atoms with E-state index in [1.807, 2.05) is 31.3 Å². The topological polar surface area (TPSA) is 166 Å². The molecule has 5 atom stereocenters. The minimum absolute atomic E-state index is 0.119. The first-order valence-corrected chi connectivity index (χ1v) is 16.1. The number of nitrogens with two attached hydrogens (primary N) is 1. The fraction of sp³-hybridized carbons (Fsp3) is 0.500. The van der Waals surface area contributed by atoms with Crippen molar-refractivity contribution in [3.63, 3.8) is 0 Å². The number of methoxy groups -OCH3 is 1. The Balaban J connectivity index is 1.47. The first-order valence-electron chi connectivity index (χ1n) is 16.1. The first-order chi connectivity index (χ1) is 22.3. The molecular weight excluding hydrogens is 602 g/mol. The lowest BCUT2D eigenvalue weighted by Gasteiger charge is -2.52. The quantitative estimate of drug-likeness (QED) is 0.215. The van der Waals surface area contributed by atoms with Crippen LogP contribution in [0.2, 0.25) is 0 Å². The minimum Gasteiger partial charge on any atom is -0.511 e. The number of primary amides is 1. The number of amides is 1. The molecule has 11 heteroatoms. The molecule has 0 saturated heterocycles. The van der Waals surface area contributed by atoms with Crippen molar-refractivity contribution in [1.29, 1.82) is 0 Å². The molecule has 254 valence electrons. The molecule has 0 spiro atoms. The van der Waals surface area contributed by atoms with Gasteiger partial charge in [0.05, 0.1) is 29.7 Å². The number of hydrogen-bond acceptors (Lipinski definition) is 10. The van der Waals surface area contributed by atoms with Gasteiger partial charge in [0, 0.05) is 39.0 Å². The Hall–Kier alpha value is -3.74. The van der Waals surface area contributed by atoms with Gasteiger partial charge in [-0.25, -0.2) is 0 Å². The maximum absolute atomic E-state index is 14.2. The molecule has 3 aliphatic carbocycles. The summed E-state index contributed by atoms with van der Waals surface area (Å²) in [5.41, 5.74) is 6.94. The average molecular weight is 650 g/mol. The van der Waals surface area contributed by atoms with Crippen LogP contribution in [0.15, 0.2) is 59.1 Å². The summed E-state index contributed by atoms with van der Waals surface area (Å²) in [7, 11) is 7.19. The molecule has 0 aromatic heterocycles. The van der Waals surface area contributed by atoms with Crippen molar-refractivity contribution in [3.05, 3.63) is 75.8 Å². The second kappa shape index (κ2) is 13.8. The zero-order valence-electron chi connectivity index (χ0n) is 27.8. The Labute approximate surface area is 275 Å². The van der Waals surface area contributed by atoms with E-state index < -0.39 is 41.1 Å². The van der Waals surface area contributed by atoms with Crippen LogP contribution in [0.5, 0.6) is 5.75 Å². The predicted molar refractivity (Wildman–Crippen MR) is 177 cm³/mol. The lowest BCUT2D eigenvalue weighted by Crippen LogP contribution is -2.59. The highest BCUT2D eigenvalue weighted by Crippen LogP contribution is 2.55. The summed E-state index contributed by atoms with van der Waals surface area (Å²) in [4.78, 5) is 30.6. The van der Waals surface area contributed by atoms with Crippen LogP contribution in [0, 0.1) is 17.8 Å². The van der Waals surface area contributed by atoms with Crippen molar-refractivity contribution in [3.8, 4) is 16.9 Å². The molecule has 47 heavy (non-hydrogen) atoms. The van der Waals surface area contributed by atoms with Crippen LogP contribution in [0.4, 0.5) is 0 Å². The van der Waals surface area contributed by atoms with E-state index in [9.17, 15) is 30.0 Å². The van der Waals surface area contributed by atoms with E-state index in [-0.39, 0.29) is 34.0 Å². The Bertz CT molecular complexity index is 1600. The number of phenolic OH excluding ortho intramolecular Hbond substituents is 1. The maximum Gasteiger partial charge on any atom is 0.251 e. The summed E-state index contributed by atoms with van der Waals surface area (Å²) in [6.45, 7) is 4.72.